The number of alkyl carbamates (subject to hydrolysis) is 1. The summed E-state index contributed by atoms with van der Waals surface area (Å²) in [7, 11) is 1.63. The summed E-state index contributed by atoms with van der Waals surface area (Å²) in [6, 6.07) is 16.1. The molecule has 0 spiro atoms. The Balaban J connectivity index is 1.30. The average molecular weight is 675 g/mol. The van der Waals surface area contributed by atoms with Crippen molar-refractivity contribution in [2.75, 3.05) is 25.2 Å². The van der Waals surface area contributed by atoms with E-state index in [1.807, 2.05) is 54.6 Å². The van der Waals surface area contributed by atoms with Crippen LogP contribution < -0.4 is 20.1 Å². The molecule has 5 atom stereocenters. The highest BCUT2D eigenvalue weighted by atomic mass is 32.2. The number of methoxy groups -OCH3 is 1. The van der Waals surface area contributed by atoms with Gasteiger partial charge in [-0.3, -0.25) is 9.59 Å². The summed E-state index contributed by atoms with van der Waals surface area (Å²) in [5.41, 5.74) is 0.962. The molecule has 48 heavy (non-hydrogen) atoms. The Morgan fingerprint density at radius 2 is 1.85 bits per heavy atom. The van der Waals surface area contributed by atoms with Gasteiger partial charge in [0.25, 0.3) is 0 Å². The first kappa shape index (κ1) is 33.9. The quantitative estimate of drug-likeness (QED) is 0.340. The van der Waals surface area contributed by atoms with Gasteiger partial charge in [-0.05, 0) is 81.4 Å². The zero-order valence-electron chi connectivity index (χ0n) is 28.2. The highest BCUT2D eigenvalue weighted by Crippen LogP contribution is 2.37. The number of rotatable bonds is 5. The number of benzene rings is 2. The fourth-order valence-corrected chi connectivity index (χ4v) is 7.58. The number of thioether (sulfide) groups is 1. The Morgan fingerprint density at radius 3 is 2.62 bits per heavy atom. The number of aromatic nitrogens is 1. The topological polar surface area (TPSA) is 119 Å². The lowest BCUT2D eigenvalue weighted by atomic mass is 10.1. The number of fused-ring (bicyclic) bond motifs is 3. The summed E-state index contributed by atoms with van der Waals surface area (Å²) in [4.78, 5) is 47.6. The Hall–Kier alpha value is -3.99. The van der Waals surface area contributed by atoms with E-state index in [2.05, 4.69) is 10.6 Å². The van der Waals surface area contributed by atoms with Crippen molar-refractivity contribution in [3.8, 4) is 22.9 Å². The van der Waals surface area contributed by atoms with Crippen LogP contribution in [-0.2, 0) is 14.3 Å². The molecule has 2 N–H and O–H groups in total. The van der Waals surface area contributed by atoms with Crippen LogP contribution in [0.2, 0.25) is 0 Å². The van der Waals surface area contributed by atoms with Crippen LogP contribution in [0.1, 0.15) is 59.3 Å². The van der Waals surface area contributed by atoms with E-state index in [-0.39, 0.29) is 24.4 Å². The summed E-state index contributed by atoms with van der Waals surface area (Å²) in [5, 5.41) is 7.75. The number of nitrogens with zero attached hydrogens (tertiary/aromatic N) is 2. The molecule has 3 aromatic rings. The highest BCUT2D eigenvalue weighted by molar-refractivity contribution is 7.99. The van der Waals surface area contributed by atoms with Crippen LogP contribution in [0.3, 0.4) is 0 Å². The normalized spacial score (nSPS) is 25.2. The lowest BCUT2D eigenvalue weighted by Crippen LogP contribution is -2.55. The van der Waals surface area contributed by atoms with E-state index in [0.29, 0.717) is 29.7 Å². The molecule has 2 saturated heterocycles. The van der Waals surface area contributed by atoms with Gasteiger partial charge in [0.1, 0.15) is 29.5 Å². The fraction of sp³-hybridized carbons (Fsp3) is 0.514. The van der Waals surface area contributed by atoms with Gasteiger partial charge >= 0.3 is 6.09 Å². The van der Waals surface area contributed by atoms with Crippen LogP contribution in [0.15, 0.2) is 54.6 Å². The number of hydrogen-bond donors (Lipinski definition) is 2. The van der Waals surface area contributed by atoms with Crippen molar-refractivity contribution < 1.29 is 28.6 Å². The summed E-state index contributed by atoms with van der Waals surface area (Å²) in [6.07, 6.45) is 4.48. The molecule has 256 valence electrons. The number of nitrogens with one attached hydrogen (secondary N) is 2. The highest BCUT2D eigenvalue weighted by Gasteiger charge is 2.46. The molecule has 6 rings (SSSR count). The monoisotopic (exact) mass is 674 g/mol. The Bertz CT molecular complexity index is 1630. The molecular weight excluding hydrogens is 628 g/mol. The van der Waals surface area contributed by atoms with E-state index < -0.39 is 29.9 Å². The smallest absolute Gasteiger partial charge is 0.408 e. The number of amides is 3. The van der Waals surface area contributed by atoms with Gasteiger partial charge in [0.2, 0.25) is 17.7 Å². The third-order valence-electron chi connectivity index (χ3n) is 9.09. The maximum absolute atomic E-state index is 14.3. The molecule has 2 aromatic carbocycles. The Morgan fingerprint density at radius 1 is 1.04 bits per heavy atom. The minimum absolute atomic E-state index is 0.132. The van der Waals surface area contributed by atoms with Gasteiger partial charge in [0.15, 0.2) is 0 Å². The third-order valence-corrected chi connectivity index (χ3v) is 10.2. The molecule has 0 unspecified atom stereocenters. The molecule has 0 bridgehead atoms. The van der Waals surface area contributed by atoms with Crippen LogP contribution in [0.4, 0.5) is 4.79 Å². The SMILES string of the molecule is COc1ccc2c(O[C@@H]3C[C@H]4C(=O)N[C@@H]5C[C@H]5CCCCCSC[C@H](NC(=O)OC(C)(C)C)C(=O)N4C3)nc(-c3ccccc3)cc2c1. The molecule has 1 aromatic heterocycles. The largest absolute Gasteiger partial charge is 0.497 e. The zero-order chi connectivity index (χ0) is 33.8. The Labute approximate surface area is 286 Å². The second kappa shape index (κ2) is 14.6. The third kappa shape index (κ3) is 8.35. The molecule has 11 heteroatoms. The molecule has 1 aliphatic carbocycles. The molecule has 2 aliphatic heterocycles. The fourth-order valence-electron chi connectivity index (χ4n) is 6.55. The van der Waals surface area contributed by atoms with Gasteiger partial charge in [0, 0.05) is 29.2 Å². The van der Waals surface area contributed by atoms with E-state index in [4.69, 9.17) is 19.2 Å². The predicted molar refractivity (Wildman–Crippen MR) is 187 cm³/mol. The van der Waals surface area contributed by atoms with Crippen LogP contribution >= 0.6 is 11.8 Å². The Kier molecular flexibility index (Phi) is 10.3. The lowest BCUT2D eigenvalue weighted by Gasteiger charge is -2.29. The van der Waals surface area contributed by atoms with Crippen molar-refractivity contribution in [1.82, 2.24) is 20.5 Å². The standard InChI is InChI=1S/C37H46N4O6S/c1-37(2,3)47-36(44)40-31-22-48-16-10-6-9-13-24-18-30(24)38-33(42)32-20-27(21-41(32)35(31)43)46-34-28-15-14-26(45-4)17-25(28)19-29(39-34)23-11-7-5-8-12-23/h5,7-8,11-12,14-15,17,19,24,27,30-32H,6,9-10,13,16,18,20-22H2,1-4H3,(H,38,42)(H,40,44)/t24-,27-,30-,31+,32+/m1/s1. The molecule has 3 fully saturated rings. The molecule has 3 amide bonds. The molecule has 10 nitrogen and oxygen atoms in total. The number of carbonyl (C=O) groups excluding carboxylic acids is 3. The summed E-state index contributed by atoms with van der Waals surface area (Å²) in [6.45, 7) is 5.54. The van der Waals surface area contributed by atoms with Crippen LogP contribution in [0, 0.1) is 5.92 Å². The van der Waals surface area contributed by atoms with Crippen LogP contribution in [0.25, 0.3) is 22.0 Å². The second-order valence-electron chi connectivity index (χ2n) is 14.0. The summed E-state index contributed by atoms with van der Waals surface area (Å²) in [5.74, 6) is 2.40. The van der Waals surface area contributed by atoms with E-state index in [1.165, 1.54) is 0 Å². The van der Waals surface area contributed by atoms with Crippen molar-refractivity contribution in [3.63, 3.8) is 0 Å². The first-order chi connectivity index (χ1) is 23.1. The number of ether oxygens (including phenoxy) is 3. The van der Waals surface area contributed by atoms with Gasteiger partial charge in [-0.1, -0.05) is 43.2 Å². The first-order valence-electron chi connectivity index (χ1n) is 17.0. The zero-order valence-corrected chi connectivity index (χ0v) is 29.0. The van der Waals surface area contributed by atoms with E-state index in [0.717, 1.165) is 59.9 Å². The number of pyridine rings is 1. The molecular formula is C37H46N4O6S. The number of hydrogen-bond acceptors (Lipinski definition) is 8. The first-order valence-corrected chi connectivity index (χ1v) is 18.1. The molecule has 1 saturated carbocycles. The van der Waals surface area contributed by atoms with Crippen LogP contribution in [0.5, 0.6) is 11.6 Å². The van der Waals surface area contributed by atoms with Gasteiger partial charge in [-0.2, -0.15) is 11.8 Å². The van der Waals surface area contributed by atoms with E-state index in [1.54, 1.807) is 44.5 Å². The maximum Gasteiger partial charge on any atom is 0.408 e. The van der Waals surface area contributed by atoms with Crippen molar-refractivity contribution >= 4 is 40.4 Å². The second-order valence-corrected chi connectivity index (χ2v) is 15.1. The van der Waals surface area contributed by atoms with Gasteiger partial charge in [0.05, 0.1) is 19.3 Å². The molecule has 3 heterocycles. The van der Waals surface area contributed by atoms with Crippen molar-refractivity contribution in [2.45, 2.75) is 89.1 Å². The van der Waals surface area contributed by atoms with Crippen molar-refractivity contribution in [2.24, 2.45) is 5.92 Å². The molecule has 0 radical (unpaired) electrons. The van der Waals surface area contributed by atoms with Gasteiger partial charge < -0.3 is 29.7 Å². The predicted octanol–water partition coefficient (Wildman–Crippen LogP) is 5.96. The van der Waals surface area contributed by atoms with E-state index >= 15 is 0 Å². The molecule has 3 aliphatic rings. The van der Waals surface area contributed by atoms with E-state index in [9.17, 15) is 14.4 Å². The minimum Gasteiger partial charge on any atom is -0.497 e. The maximum atomic E-state index is 14.3. The van der Waals surface area contributed by atoms with Crippen molar-refractivity contribution in [1.29, 1.82) is 0 Å². The number of carbonyl (C=O) groups is 3. The van der Waals surface area contributed by atoms with Crippen LogP contribution in [-0.4, -0.2) is 82.8 Å². The lowest BCUT2D eigenvalue weighted by molar-refractivity contribution is -0.139. The average Bonchev–Trinajstić information content (AvgIpc) is 3.65. The summed E-state index contributed by atoms with van der Waals surface area (Å²) < 4.78 is 17.7. The summed E-state index contributed by atoms with van der Waals surface area (Å²) >= 11 is 1.64. The van der Waals surface area contributed by atoms with Gasteiger partial charge in [-0.15, -0.1) is 0 Å². The minimum atomic E-state index is -0.856. The van der Waals surface area contributed by atoms with Crippen molar-refractivity contribution in [3.05, 3.63) is 54.6 Å². The van der Waals surface area contributed by atoms with Gasteiger partial charge in [-0.25, -0.2) is 9.78 Å².